The first kappa shape index (κ1) is 21.6. The van der Waals surface area contributed by atoms with Crippen LogP contribution in [0.5, 0.6) is 0 Å². The van der Waals surface area contributed by atoms with Gasteiger partial charge in [0.15, 0.2) is 0 Å². The molecule has 0 saturated carbocycles. The van der Waals surface area contributed by atoms with E-state index in [-0.39, 0.29) is 17.1 Å². The third kappa shape index (κ3) is 4.83. The van der Waals surface area contributed by atoms with Gasteiger partial charge >= 0.3 is 0 Å². The summed E-state index contributed by atoms with van der Waals surface area (Å²) in [6.07, 6.45) is 4.61. The van der Waals surface area contributed by atoms with Crippen molar-refractivity contribution in [2.24, 2.45) is 11.3 Å². The molecule has 0 saturated heterocycles. The first-order valence-electron chi connectivity index (χ1n) is 10.3. The van der Waals surface area contributed by atoms with Gasteiger partial charge in [-0.3, -0.25) is 4.79 Å². The molecule has 1 aliphatic carbocycles. The molecule has 0 radical (unpaired) electrons. The summed E-state index contributed by atoms with van der Waals surface area (Å²) in [5, 5.41) is 18.3. The predicted octanol–water partition coefficient (Wildman–Crippen LogP) is 5.08. The number of rotatable bonds is 5. The van der Waals surface area contributed by atoms with E-state index in [4.69, 9.17) is 0 Å². The van der Waals surface area contributed by atoms with Gasteiger partial charge < -0.3 is 5.32 Å². The van der Waals surface area contributed by atoms with Gasteiger partial charge in [0.1, 0.15) is 17.4 Å². The van der Waals surface area contributed by atoms with Crippen LogP contribution in [0.15, 0.2) is 41.8 Å². The molecule has 31 heavy (non-hydrogen) atoms. The van der Waals surface area contributed by atoms with Crippen molar-refractivity contribution in [3.8, 4) is 11.8 Å². The van der Waals surface area contributed by atoms with Crippen molar-refractivity contribution in [2.75, 3.05) is 11.1 Å². The number of fused-ring (bicyclic) bond motifs is 1. The summed E-state index contributed by atoms with van der Waals surface area (Å²) in [5.41, 5.74) is 2.92. The van der Waals surface area contributed by atoms with Gasteiger partial charge in [0.25, 0.3) is 0 Å². The number of aromatic nitrogens is 3. The van der Waals surface area contributed by atoms with Gasteiger partial charge in [-0.25, -0.2) is 9.67 Å². The van der Waals surface area contributed by atoms with Crippen LogP contribution < -0.4 is 5.32 Å². The van der Waals surface area contributed by atoms with E-state index < -0.39 is 0 Å². The molecule has 3 aromatic rings. The van der Waals surface area contributed by atoms with E-state index in [2.05, 4.69) is 42.2 Å². The van der Waals surface area contributed by atoms with E-state index in [1.807, 2.05) is 30.3 Å². The molecule has 2 heterocycles. The van der Waals surface area contributed by atoms with Gasteiger partial charge in [0.2, 0.25) is 11.1 Å². The molecule has 1 aliphatic rings. The van der Waals surface area contributed by atoms with Crippen LogP contribution in [0, 0.1) is 22.7 Å². The Morgan fingerprint density at radius 2 is 2.13 bits per heavy atom. The molecule has 6 nitrogen and oxygen atoms in total. The maximum absolute atomic E-state index is 12.6. The fourth-order valence-corrected chi connectivity index (χ4v) is 5.74. The van der Waals surface area contributed by atoms with E-state index in [1.54, 1.807) is 22.3 Å². The second-order valence-corrected chi connectivity index (χ2v) is 10.8. The minimum absolute atomic E-state index is 0.150. The van der Waals surface area contributed by atoms with E-state index in [1.165, 1.54) is 16.6 Å². The minimum atomic E-state index is -0.150. The zero-order valence-electron chi connectivity index (χ0n) is 17.9. The maximum atomic E-state index is 12.6. The molecule has 1 N–H and O–H groups in total. The molecular weight excluding hydrogens is 426 g/mol. The lowest BCUT2D eigenvalue weighted by Crippen LogP contribution is -2.26. The number of carbonyl (C=O) groups excluding carboxylic acids is 1. The van der Waals surface area contributed by atoms with Crippen LogP contribution in [0.4, 0.5) is 5.00 Å². The predicted molar refractivity (Wildman–Crippen MR) is 125 cm³/mol. The highest BCUT2D eigenvalue weighted by atomic mass is 32.2. The summed E-state index contributed by atoms with van der Waals surface area (Å²) in [5.74, 6) is 0.634. The normalized spacial score (nSPS) is 15.9. The minimum Gasteiger partial charge on any atom is -0.316 e. The zero-order valence-corrected chi connectivity index (χ0v) is 19.5. The molecule has 0 fully saturated rings. The Labute approximate surface area is 190 Å². The molecule has 0 bridgehead atoms. The van der Waals surface area contributed by atoms with Crippen molar-refractivity contribution in [1.29, 1.82) is 5.26 Å². The number of para-hydroxylation sites is 1. The number of amides is 1. The quantitative estimate of drug-likeness (QED) is 0.547. The van der Waals surface area contributed by atoms with Gasteiger partial charge in [-0.15, -0.1) is 16.4 Å². The summed E-state index contributed by atoms with van der Waals surface area (Å²) < 4.78 is 1.69. The molecule has 1 atom stereocenters. The first-order valence-corrected chi connectivity index (χ1v) is 12.1. The SMILES string of the molecule is CC(C)(C)[C@@H]1CCc2c(sc(NC(=O)CSc3ncn(-c4ccccc4)n3)c2C#N)C1. The third-order valence-electron chi connectivity index (χ3n) is 5.68. The second kappa shape index (κ2) is 8.85. The Kier molecular flexibility index (Phi) is 6.17. The van der Waals surface area contributed by atoms with E-state index in [0.29, 0.717) is 21.6 Å². The number of benzene rings is 1. The van der Waals surface area contributed by atoms with E-state index in [0.717, 1.165) is 30.5 Å². The van der Waals surface area contributed by atoms with E-state index in [9.17, 15) is 10.1 Å². The highest BCUT2D eigenvalue weighted by molar-refractivity contribution is 7.99. The number of thiophene rings is 1. The molecule has 0 spiro atoms. The highest BCUT2D eigenvalue weighted by Crippen LogP contribution is 2.44. The van der Waals surface area contributed by atoms with Crippen LogP contribution in [-0.2, 0) is 17.6 Å². The summed E-state index contributed by atoms with van der Waals surface area (Å²) in [4.78, 5) is 18.1. The number of nitriles is 1. The summed E-state index contributed by atoms with van der Waals surface area (Å²) in [6, 6.07) is 12.0. The number of anilines is 1. The molecule has 8 heteroatoms. The Morgan fingerprint density at radius 1 is 1.35 bits per heavy atom. The van der Waals surface area contributed by atoms with Crippen molar-refractivity contribution < 1.29 is 4.79 Å². The summed E-state index contributed by atoms with van der Waals surface area (Å²) in [7, 11) is 0. The third-order valence-corrected chi connectivity index (χ3v) is 7.70. The molecular formula is C23H25N5OS2. The van der Waals surface area contributed by atoms with Gasteiger partial charge in [-0.05, 0) is 48.3 Å². The summed E-state index contributed by atoms with van der Waals surface area (Å²) >= 11 is 2.84. The number of hydrogen-bond donors (Lipinski definition) is 1. The lowest BCUT2D eigenvalue weighted by molar-refractivity contribution is -0.113. The zero-order chi connectivity index (χ0) is 22.0. The van der Waals surface area contributed by atoms with Crippen LogP contribution >= 0.6 is 23.1 Å². The molecule has 4 rings (SSSR count). The monoisotopic (exact) mass is 451 g/mol. The van der Waals surface area contributed by atoms with Crippen molar-refractivity contribution in [3.05, 3.63) is 52.7 Å². The largest absolute Gasteiger partial charge is 0.316 e. The van der Waals surface area contributed by atoms with Gasteiger partial charge in [-0.1, -0.05) is 50.7 Å². The van der Waals surface area contributed by atoms with Crippen LogP contribution in [0.25, 0.3) is 5.69 Å². The van der Waals surface area contributed by atoms with Crippen LogP contribution in [0.1, 0.15) is 43.2 Å². The van der Waals surface area contributed by atoms with Gasteiger partial charge in [0.05, 0.1) is 17.0 Å². The molecule has 0 unspecified atom stereocenters. The van der Waals surface area contributed by atoms with E-state index >= 15 is 0 Å². The Balaban J connectivity index is 1.40. The standard InChI is InChI=1S/C23H25N5OS2/c1-23(2,3)15-9-10-17-18(12-24)21(31-19(17)11-15)26-20(29)13-30-22-25-14-28(27-22)16-7-5-4-6-8-16/h4-8,14-15H,9-11,13H2,1-3H3,(H,26,29)/t15-/m1/s1. The molecule has 1 aromatic carbocycles. The van der Waals surface area contributed by atoms with Crippen molar-refractivity contribution in [3.63, 3.8) is 0 Å². The number of nitrogens with zero attached hydrogens (tertiary/aromatic N) is 4. The first-order chi connectivity index (χ1) is 14.8. The second-order valence-electron chi connectivity index (χ2n) is 8.77. The van der Waals surface area contributed by atoms with Gasteiger partial charge in [-0.2, -0.15) is 5.26 Å². The average molecular weight is 452 g/mol. The van der Waals surface area contributed by atoms with Crippen LogP contribution in [-0.4, -0.2) is 26.4 Å². The lowest BCUT2D eigenvalue weighted by atomic mass is 9.72. The lowest BCUT2D eigenvalue weighted by Gasteiger charge is -2.33. The van der Waals surface area contributed by atoms with Crippen LogP contribution in [0.2, 0.25) is 0 Å². The Hall–Kier alpha value is -2.63. The maximum Gasteiger partial charge on any atom is 0.235 e. The van der Waals surface area contributed by atoms with Gasteiger partial charge in [0, 0.05) is 4.88 Å². The molecule has 1 amide bonds. The number of thioether (sulfide) groups is 1. The molecule has 160 valence electrons. The van der Waals surface area contributed by atoms with Crippen molar-refractivity contribution >= 4 is 34.0 Å². The fraction of sp³-hybridized carbons (Fsp3) is 0.391. The highest BCUT2D eigenvalue weighted by Gasteiger charge is 2.32. The van der Waals surface area contributed by atoms with Crippen molar-refractivity contribution in [1.82, 2.24) is 14.8 Å². The Bertz CT molecular complexity index is 1120. The Morgan fingerprint density at radius 3 is 2.84 bits per heavy atom. The average Bonchev–Trinajstić information content (AvgIpc) is 3.36. The summed E-state index contributed by atoms with van der Waals surface area (Å²) in [6.45, 7) is 6.82. The molecule has 0 aliphatic heterocycles. The fourth-order valence-electron chi connectivity index (χ4n) is 3.84. The number of carbonyl (C=O) groups is 1. The van der Waals surface area contributed by atoms with Crippen molar-refractivity contribution in [2.45, 2.75) is 45.2 Å². The topological polar surface area (TPSA) is 83.6 Å². The molecule has 2 aromatic heterocycles. The van der Waals surface area contributed by atoms with Crippen LogP contribution in [0.3, 0.4) is 0 Å². The smallest absolute Gasteiger partial charge is 0.235 e. The number of hydrogen-bond acceptors (Lipinski definition) is 6. The number of nitrogens with one attached hydrogen (secondary N) is 1.